The molecule has 0 unspecified atom stereocenters. The van der Waals surface area contributed by atoms with Crippen LogP contribution >= 0.6 is 0 Å². The third-order valence-electron chi connectivity index (χ3n) is 5.14. The van der Waals surface area contributed by atoms with Gasteiger partial charge in [0.2, 0.25) is 0 Å². The van der Waals surface area contributed by atoms with Gasteiger partial charge in [0, 0.05) is 25.7 Å². The van der Waals surface area contributed by atoms with Crippen LogP contribution in [0.4, 0.5) is 0 Å². The molecule has 174 valence electrons. The Bertz CT molecular complexity index is 818. The molecule has 1 aromatic carbocycles. The fraction of sp³-hybridized carbons (Fsp3) is 0.522. The van der Waals surface area contributed by atoms with E-state index in [2.05, 4.69) is 5.16 Å². The summed E-state index contributed by atoms with van der Waals surface area (Å²) in [6, 6.07) is 9.34. The number of rotatable bonds is 11. The van der Waals surface area contributed by atoms with Gasteiger partial charge in [-0.15, -0.1) is 0 Å². The number of benzene rings is 1. The van der Waals surface area contributed by atoms with Crippen LogP contribution in [0.15, 0.2) is 35.5 Å². The first-order valence-electron chi connectivity index (χ1n) is 10.6. The van der Waals surface area contributed by atoms with E-state index in [-0.39, 0.29) is 44.9 Å². The van der Waals surface area contributed by atoms with Gasteiger partial charge in [0.15, 0.2) is 11.2 Å². The van der Waals surface area contributed by atoms with E-state index in [0.29, 0.717) is 0 Å². The molecule has 0 bridgehead atoms. The molecule has 0 heterocycles. The van der Waals surface area contributed by atoms with E-state index in [9.17, 15) is 19.2 Å². The molecule has 1 saturated carbocycles. The van der Waals surface area contributed by atoms with Gasteiger partial charge in [-0.1, -0.05) is 35.5 Å². The van der Waals surface area contributed by atoms with Crippen LogP contribution in [0.5, 0.6) is 0 Å². The van der Waals surface area contributed by atoms with Crippen LogP contribution in [-0.4, -0.2) is 49.2 Å². The van der Waals surface area contributed by atoms with Crippen LogP contribution in [0.2, 0.25) is 0 Å². The summed E-state index contributed by atoms with van der Waals surface area (Å²) in [5.41, 5.74) is -0.727. The number of oxime groups is 1. The van der Waals surface area contributed by atoms with E-state index < -0.39 is 35.3 Å². The highest BCUT2D eigenvalue weighted by Crippen LogP contribution is 2.47. The van der Waals surface area contributed by atoms with E-state index >= 15 is 0 Å². The van der Waals surface area contributed by atoms with E-state index in [4.69, 9.17) is 19.0 Å². The maximum atomic E-state index is 12.7. The van der Waals surface area contributed by atoms with Crippen molar-refractivity contribution in [3.8, 4) is 0 Å². The summed E-state index contributed by atoms with van der Waals surface area (Å²) in [5.74, 6) is -3.03. The van der Waals surface area contributed by atoms with Gasteiger partial charge < -0.3 is 19.0 Å². The zero-order chi connectivity index (χ0) is 23.6. The Morgan fingerprint density at radius 2 is 1.66 bits per heavy atom. The van der Waals surface area contributed by atoms with Crippen LogP contribution in [0.3, 0.4) is 0 Å². The van der Waals surface area contributed by atoms with Crippen molar-refractivity contribution in [3.63, 3.8) is 0 Å². The Kier molecular flexibility index (Phi) is 9.37. The molecule has 0 amide bonds. The zero-order valence-corrected chi connectivity index (χ0v) is 18.6. The standard InChI is InChI=1S/C23H29NO8/c1-4-29-21(27)23(22(28)30-5-2)12-18(20(13-23)32-16(3)25)11-19(26)14-24-31-15-17-9-7-6-8-10-17/h6-10,14,18,20H,4-5,11-13,15H2,1-3H3/b24-14+/t18-,20+/m0/s1. The fourth-order valence-electron chi connectivity index (χ4n) is 3.78. The number of Topliss-reactive ketones (excluding diaryl/α,β-unsaturated/α-hetero) is 1. The summed E-state index contributed by atoms with van der Waals surface area (Å²) in [4.78, 5) is 54.6. The summed E-state index contributed by atoms with van der Waals surface area (Å²) >= 11 is 0. The first-order valence-corrected chi connectivity index (χ1v) is 10.6. The zero-order valence-electron chi connectivity index (χ0n) is 18.6. The average Bonchev–Trinajstić information content (AvgIpc) is 3.11. The van der Waals surface area contributed by atoms with Crippen molar-refractivity contribution in [1.82, 2.24) is 0 Å². The monoisotopic (exact) mass is 447 g/mol. The molecular formula is C23H29NO8. The van der Waals surface area contributed by atoms with Gasteiger partial charge in [0.05, 0.1) is 13.2 Å². The SMILES string of the molecule is CCOC(=O)C1(C(=O)OCC)C[C@H](CC(=O)/C=N/OCc2ccccc2)[C@H](OC(C)=O)C1. The van der Waals surface area contributed by atoms with Crippen LogP contribution in [0.25, 0.3) is 0 Å². The normalized spacial score (nSPS) is 19.3. The lowest BCUT2D eigenvalue weighted by atomic mass is 9.84. The number of hydrogen-bond acceptors (Lipinski definition) is 9. The molecule has 0 N–H and O–H groups in total. The van der Waals surface area contributed by atoms with Crippen molar-refractivity contribution in [1.29, 1.82) is 0 Å². The van der Waals surface area contributed by atoms with E-state index in [1.807, 2.05) is 30.3 Å². The van der Waals surface area contributed by atoms with E-state index in [1.54, 1.807) is 13.8 Å². The van der Waals surface area contributed by atoms with Gasteiger partial charge in [0.25, 0.3) is 0 Å². The molecule has 9 heteroatoms. The highest BCUT2D eigenvalue weighted by Gasteiger charge is 2.58. The van der Waals surface area contributed by atoms with Gasteiger partial charge in [-0.05, 0) is 25.8 Å². The predicted molar refractivity (Wildman–Crippen MR) is 113 cm³/mol. The topological polar surface area (TPSA) is 118 Å². The number of ether oxygens (including phenoxy) is 3. The lowest BCUT2D eigenvalue weighted by Crippen LogP contribution is -2.40. The minimum atomic E-state index is -1.63. The second-order valence-corrected chi connectivity index (χ2v) is 7.50. The Labute approximate surface area is 187 Å². The molecular weight excluding hydrogens is 418 g/mol. The maximum absolute atomic E-state index is 12.7. The van der Waals surface area contributed by atoms with Gasteiger partial charge in [0.1, 0.15) is 18.9 Å². The molecule has 1 aliphatic rings. The van der Waals surface area contributed by atoms with Crippen molar-refractivity contribution in [2.24, 2.45) is 16.5 Å². The quantitative estimate of drug-likeness (QED) is 0.167. The highest BCUT2D eigenvalue weighted by molar-refractivity contribution is 6.27. The molecule has 0 aromatic heterocycles. The summed E-state index contributed by atoms with van der Waals surface area (Å²) < 4.78 is 15.6. The van der Waals surface area contributed by atoms with Gasteiger partial charge in [-0.25, -0.2) is 0 Å². The minimum absolute atomic E-state index is 0.0347. The number of hydrogen-bond donors (Lipinski definition) is 0. The average molecular weight is 447 g/mol. The van der Waals surface area contributed by atoms with Crippen molar-refractivity contribution < 1.29 is 38.2 Å². The predicted octanol–water partition coefficient (Wildman–Crippen LogP) is 2.60. The second-order valence-electron chi connectivity index (χ2n) is 7.50. The van der Waals surface area contributed by atoms with E-state index in [1.165, 1.54) is 6.92 Å². The molecule has 0 radical (unpaired) electrons. The van der Waals surface area contributed by atoms with Crippen LogP contribution in [0, 0.1) is 11.3 Å². The van der Waals surface area contributed by atoms with Crippen molar-refractivity contribution in [2.75, 3.05) is 13.2 Å². The lowest BCUT2D eigenvalue weighted by molar-refractivity contribution is -0.173. The van der Waals surface area contributed by atoms with Gasteiger partial charge in [-0.2, -0.15) is 0 Å². The Hall–Kier alpha value is -3.23. The summed E-state index contributed by atoms with van der Waals surface area (Å²) in [6.45, 7) is 4.84. The number of carbonyl (C=O) groups excluding carboxylic acids is 4. The summed E-state index contributed by atoms with van der Waals surface area (Å²) in [6.07, 6.45) is -0.000250. The van der Waals surface area contributed by atoms with Gasteiger partial charge in [-0.3, -0.25) is 19.2 Å². The number of esters is 3. The van der Waals surface area contributed by atoms with Crippen LogP contribution in [-0.2, 0) is 44.8 Å². The summed E-state index contributed by atoms with van der Waals surface area (Å²) in [5, 5.41) is 3.69. The molecule has 1 aromatic rings. The third kappa shape index (κ3) is 6.63. The first kappa shape index (κ1) is 25.0. The maximum Gasteiger partial charge on any atom is 0.323 e. The third-order valence-corrected chi connectivity index (χ3v) is 5.14. The van der Waals surface area contributed by atoms with Gasteiger partial charge >= 0.3 is 17.9 Å². The molecule has 0 spiro atoms. The molecule has 0 saturated heterocycles. The number of nitrogens with zero attached hydrogens (tertiary/aromatic N) is 1. The molecule has 1 aliphatic carbocycles. The Balaban J connectivity index is 2.09. The highest BCUT2D eigenvalue weighted by atomic mass is 16.6. The molecule has 9 nitrogen and oxygen atoms in total. The molecule has 32 heavy (non-hydrogen) atoms. The van der Waals surface area contributed by atoms with Crippen LogP contribution < -0.4 is 0 Å². The fourth-order valence-corrected chi connectivity index (χ4v) is 3.78. The number of ketones is 1. The smallest absolute Gasteiger partial charge is 0.323 e. The minimum Gasteiger partial charge on any atom is -0.465 e. The van der Waals surface area contributed by atoms with Crippen molar-refractivity contribution >= 4 is 29.9 Å². The molecule has 2 atom stereocenters. The van der Waals surface area contributed by atoms with Crippen molar-refractivity contribution in [3.05, 3.63) is 35.9 Å². The first-order chi connectivity index (χ1) is 15.3. The summed E-state index contributed by atoms with van der Waals surface area (Å²) in [7, 11) is 0. The Morgan fingerprint density at radius 3 is 2.22 bits per heavy atom. The Morgan fingerprint density at radius 1 is 1.03 bits per heavy atom. The molecule has 1 fully saturated rings. The molecule has 0 aliphatic heterocycles. The molecule has 2 rings (SSSR count). The van der Waals surface area contributed by atoms with E-state index in [0.717, 1.165) is 11.8 Å². The largest absolute Gasteiger partial charge is 0.465 e. The van der Waals surface area contributed by atoms with Crippen molar-refractivity contribution in [2.45, 2.75) is 52.7 Å². The second kappa shape index (κ2) is 12.0. The van der Waals surface area contributed by atoms with Crippen LogP contribution in [0.1, 0.15) is 45.6 Å². The number of carbonyl (C=O) groups is 4. The lowest BCUT2D eigenvalue weighted by Gasteiger charge is -2.24.